The van der Waals surface area contributed by atoms with E-state index < -0.39 is 111 Å². The van der Waals surface area contributed by atoms with Gasteiger partial charge in [0.05, 0.1) is 43.9 Å². The van der Waals surface area contributed by atoms with Gasteiger partial charge in [-0.1, -0.05) is 50.6 Å². The molecule has 308 valence electrons. The highest BCUT2D eigenvalue weighted by Crippen LogP contribution is 2.60. The number of alkyl carbamates (subject to hydrolysis) is 1. The van der Waals surface area contributed by atoms with Gasteiger partial charge in [-0.05, 0) is 75.5 Å². The zero-order valence-corrected chi connectivity index (χ0v) is 33.2. The number of fused-ring (bicyclic) bond motifs is 4. The van der Waals surface area contributed by atoms with Gasteiger partial charge in [0.25, 0.3) is 0 Å². The van der Waals surface area contributed by atoms with Gasteiger partial charge >= 0.3 is 12.1 Å². The number of hydrogen-bond donors (Lipinski definition) is 6. The van der Waals surface area contributed by atoms with E-state index in [2.05, 4.69) is 5.32 Å². The normalized spacial score (nSPS) is 46.4. The number of esters is 1. The van der Waals surface area contributed by atoms with Crippen molar-refractivity contribution in [1.82, 2.24) is 5.32 Å². The maximum Gasteiger partial charge on any atom is 0.407 e. The summed E-state index contributed by atoms with van der Waals surface area (Å²) in [6.45, 7) is 12.6. The van der Waals surface area contributed by atoms with Crippen molar-refractivity contribution >= 4 is 24.1 Å². The van der Waals surface area contributed by atoms with Gasteiger partial charge in [-0.15, -0.1) is 0 Å². The number of rotatable bonds is 5. The summed E-state index contributed by atoms with van der Waals surface area (Å²) < 4.78 is 23.5. The molecular weight excluding hydrogens is 728 g/mol. The molecule has 6 N–H and O–H groups in total. The molecular formula is C41H56N2O13. The van der Waals surface area contributed by atoms with E-state index in [4.69, 9.17) is 18.9 Å². The lowest BCUT2D eigenvalue weighted by molar-refractivity contribution is -1.09. The number of ether oxygens (including phenoxy) is 4. The van der Waals surface area contributed by atoms with Gasteiger partial charge < -0.3 is 44.8 Å². The number of methoxy groups -OCH3 is 1. The van der Waals surface area contributed by atoms with E-state index >= 15 is 0 Å². The van der Waals surface area contributed by atoms with E-state index in [0.29, 0.717) is 18.3 Å². The highest BCUT2D eigenvalue weighted by molar-refractivity contribution is 6.26. The first-order chi connectivity index (χ1) is 26.2. The highest BCUT2D eigenvalue weighted by Gasteiger charge is 2.64. The first-order valence-corrected chi connectivity index (χ1v) is 19.4. The number of carbonyl (C=O) groups is 4. The van der Waals surface area contributed by atoms with Crippen LogP contribution in [-0.4, -0.2) is 99.7 Å². The first-order valence-electron chi connectivity index (χ1n) is 19.4. The van der Waals surface area contributed by atoms with Crippen LogP contribution in [0.2, 0.25) is 0 Å². The second-order valence-electron chi connectivity index (χ2n) is 17.3. The average molecular weight is 785 g/mol. The minimum atomic E-state index is -2.08. The fraction of sp³-hybridized carbons (Fsp3) is 0.659. The van der Waals surface area contributed by atoms with Crippen molar-refractivity contribution in [2.24, 2.45) is 40.9 Å². The first kappa shape index (κ1) is 41.9. The molecule has 56 heavy (non-hydrogen) atoms. The lowest BCUT2D eigenvalue weighted by Crippen LogP contribution is -3.17. The summed E-state index contributed by atoms with van der Waals surface area (Å²) in [6, 6.07) is -0.970. The number of hydrogen-bond acceptors (Lipinski definition) is 13. The van der Waals surface area contributed by atoms with E-state index in [9.17, 15) is 44.9 Å². The minimum Gasteiger partial charge on any atom is -0.600 e. The molecule has 1 amide bonds. The highest BCUT2D eigenvalue weighted by atomic mass is 16.8. The zero-order valence-electron chi connectivity index (χ0n) is 33.2. The van der Waals surface area contributed by atoms with E-state index in [1.165, 1.54) is 20.1 Å². The summed E-state index contributed by atoms with van der Waals surface area (Å²) in [5, 5.41) is 60.1. The van der Waals surface area contributed by atoms with Crippen molar-refractivity contribution in [2.75, 3.05) is 7.11 Å². The molecule has 16 atom stereocenters. The number of ketones is 1. The number of quaternary nitrogens is 1. The summed E-state index contributed by atoms with van der Waals surface area (Å²) in [6.07, 6.45) is 3.74. The minimum absolute atomic E-state index is 0.0391. The van der Waals surface area contributed by atoms with Crippen molar-refractivity contribution in [2.45, 2.75) is 122 Å². The average Bonchev–Trinajstić information content (AvgIpc) is 3.38. The van der Waals surface area contributed by atoms with Crippen LogP contribution in [0, 0.1) is 46.1 Å². The van der Waals surface area contributed by atoms with Gasteiger partial charge in [0.1, 0.15) is 23.7 Å². The summed E-state index contributed by atoms with van der Waals surface area (Å²) in [4.78, 5) is 53.3. The number of allylic oxidation sites excluding steroid dienone is 3. The van der Waals surface area contributed by atoms with Gasteiger partial charge in [-0.2, -0.15) is 0 Å². The molecule has 3 fully saturated rings. The van der Waals surface area contributed by atoms with E-state index in [1.54, 1.807) is 19.9 Å². The SMILES string of the molecule is COC(=O)N[C@H]1[C@@H](C)O[C@@H](O[C@H]2C/C=C(/C)[C@@H]3C=C[C@H]4[C@@H](O)[C@@H](C)C[C@H](C)[C@H]4[C@]3(C)C(O)=C3C(=O)O[C@]4(CC(C=O)=C[C@@H](O)[C@@H]4/C=C/2C)C3=O)C[C@]1(C)[NH+]([O-])O. The summed E-state index contributed by atoms with van der Waals surface area (Å²) in [7, 11) is 1.18. The topological polar surface area (TPSA) is 226 Å². The number of aldehydes is 1. The number of nitrogens with one attached hydrogen (secondary N) is 2. The second kappa shape index (κ2) is 15.2. The molecule has 0 radical (unpaired) electrons. The van der Waals surface area contributed by atoms with Crippen LogP contribution in [0.4, 0.5) is 4.79 Å². The molecule has 2 aliphatic heterocycles. The number of aliphatic hydroxyl groups is 3. The molecule has 2 bridgehead atoms. The van der Waals surface area contributed by atoms with Crippen LogP contribution >= 0.6 is 0 Å². The molecule has 1 unspecified atom stereocenters. The standard InChI is InChI=1S/C41H56N2O13/c1-19-9-12-29(55-30-17-39(6,43(51)52)34(23(5)54-30)42-38(50)53-8)20(2)14-27-28(45)15-24(18-44)16-41(27)36(48)31(37(49)56-41)35(47)40(7)26(19)11-10-25-32(40)21(3)13-22(4)33(25)46/h9-11,14-15,18,21-23,25-30,32-34,43,45-47,51H,12-13,16-17H2,1-8H3,(H,42,50)/b19-9-,20-14+,35-31?/t21-,22-,23+,25+,26-,27-,28+,29-,30-,32+,33-,34-,39-,40+,41-/m0/s1. The molecule has 0 aromatic heterocycles. The Hall–Kier alpha value is -3.70. The van der Waals surface area contributed by atoms with Crippen molar-refractivity contribution in [3.05, 3.63) is 63.6 Å². The fourth-order valence-corrected chi connectivity index (χ4v) is 10.9. The zero-order chi connectivity index (χ0) is 41.2. The monoisotopic (exact) mass is 784 g/mol. The Balaban J connectivity index is 1.51. The maximum atomic E-state index is 14.9. The van der Waals surface area contributed by atoms with Gasteiger partial charge in [-0.25, -0.2) is 20.0 Å². The molecule has 4 aliphatic carbocycles. The lowest BCUT2D eigenvalue weighted by Gasteiger charge is -2.55. The van der Waals surface area contributed by atoms with Crippen LogP contribution in [-0.2, 0) is 33.3 Å². The Kier molecular flexibility index (Phi) is 11.4. The van der Waals surface area contributed by atoms with E-state index in [0.717, 1.165) is 5.57 Å². The van der Waals surface area contributed by atoms with Crippen LogP contribution in [0.1, 0.15) is 74.1 Å². The van der Waals surface area contributed by atoms with Crippen LogP contribution < -0.4 is 10.5 Å². The predicted molar refractivity (Wildman–Crippen MR) is 198 cm³/mol. The Morgan fingerprint density at radius 3 is 2.43 bits per heavy atom. The Morgan fingerprint density at radius 2 is 1.79 bits per heavy atom. The van der Waals surface area contributed by atoms with Crippen molar-refractivity contribution < 1.29 is 63.9 Å². The van der Waals surface area contributed by atoms with Gasteiger partial charge in [0.15, 0.2) is 17.4 Å². The molecule has 1 saturated carbocycles. The van der Waals surface area contributed by atoms with Crippen molar-refractivity contribution in [3.63, 3.8) is 0 Å². The predicted octanol–water partition coefficient (Wildman–Crippen LogP) is 2.70. The third kappa shape index (κ3) is 6.68. The molecule has 0 aromatic rings. The van der Waals surface area contributed by atoms with Crippen LogP contribution in [0.5, 0.6) is 0 Å². The number of Topliss-reactive ketones (excluding diaryl/α,β-unsaturated/α-hetero) is 1. The summed E-state index contributed by atoms with van der Waals surface area (Å²) in [5.74, 6) is -5.05. The molecule has 1 spiro atoms. The summed E-state index contributed by atoms with van der Waals surface area (Å²) in [5.41, 5.74) is -4.13. The molecule has 6 rings (SSSR count). The van der Waals surface area contributed by atoms with Crippen LogP contribution in [0.3, 0.4) is 0 Å². The Morgan fingerprint density at radius 1 is 1.09 bits per heavy atom. The third-order valence-electron chi connectivity index (χ3n) is 13.8. The molecule has 15 nitrogen and oxygen atoms in total. The molecule has 6 aliphatic rings. The Bertz CT molecular complexity index is 1780. The van der Waals surface area contributed by atoms with Crippen molar-refractivity contribution in [3.8, 4) is 0 Å². The molecule has 2 heterocycles. The van der Waals surface area contributed by atoms with E-state index in [1.807, 2.05) is 45.9 Å². The van der Waals surface area contributed by atoms with Gasteiger partial charge in [0.2, 0.25) is 5.78 Å². The quantitative estimate of drug-likeness (QED) is 0.0777. The van der Waals surface area contributed by atoms with E-state index in [-0.39, 0.29) is 36.7 Å². The van der Waals surface area contributed by atoms with Gasteiger partial charge in [0, 0.05) is 23.7 Å². The number of carbonyl (C=O) groups excluding carboxylic acids is 4. The number of aliphatic hydroxyl groups excluding tert-OH is 3. The van der Waals surface area contributed by atoms with Crippen LogP contribution in [0.15, 0.2) is 58.4 Å². The summed E-state index contributed by atoms with van der Waals surface area (Å²) >= 11 is 0. The maximum absolute atomic E-state index is 14.9. The Labute approximate surface area is 326 Å². The number of hydroxylamine groups is 2. The largest absolute Gasteiger partial charge is 0.600 e. The molecule has 15 heteroatoms. The second-order valence-corrected chi connectivity index (χ2v) is 17.3. The molecule has 2 saturated heterocycles. The van der Waals surface area contributed by atoms with Crippen LogP contribution in [0.25, 0.3) is 0 Å². The lowest BCUT2D eigenvalue weighted by atomic mass is 9.49. The van der Waals surface area contributed by atoms with Crippen molar-refractivity contribution in [1.29, 1.82) is 0 Å². The fourth-order valence-electron chi connectivity index (χ4n) is 10.9. The number of amides is 1. The third-order valence-corrected chi connectivity index (χ3v) is 13.8. The van der Waals surface area contributed by atoms with Gasteiger partial charge in [-0.3, -0.25) is 9.59 Å². The molecule has 0 aromatic carbocycles. The smallest absolute Gasteiger partial charge is 0.407 e.